The largest absolute Gasteiger partial charge is 0.363 e. The number of fused-ring (bicyclic) bond motifs is 1. The van der Waals surface area contributed by atoms with Crippen LogP contribution in [0.4, 0.5) is 0 Å². The van der Waals surface area contributed by atoms with Crippen molar-refractivity contribution in [2.24, 2.45) is 0 Å². The molecule has 4 rings (SSSR count). The summed E-state index contributed by atoms with van der Waals surface area (Å²) in [4.78, 5) is 38.7. The number of nitrogens with zero attached hydrogens (tertiary/aromatic N) is 2. The summed E-state index contributed by atoms with van der Waals surface area (Å²) in [6, 6.07) is 7.38. The number of nitrogens with one attached hydrogen (secondary N) is 1. The third-order valence-electron chi connectivity index (χ3n) is 6.23. The topological polar surface area (TPSA) is 80.6 Å². The molecule has 0 radical (unpaired) electrons. The van der Waals surface area contributed by atoms with Gasteiger partial charge in [-0.25, -0.2) is 0 Å². The fourth-order valence-corrected chi connectivity index (χ4v) is 4.48. The third kappa shape index (κ3) is 3.55. The molecule has 2 saturated heterocycles. The maximum Gasteiger partial charge on any atom is 0.246 e. The van der Waals surface area contributed by atoms with Gasteiger partial charge in [0.1, 0.15) is 12.6 Å². The number of hydrogen-bond acceptors (Lipinski definition) is 4. The molecule has 7 nitrogen and oxygen atoms in total. The van der Waals surface area contributed by atoms with Crippen molar-refractivity contribution in [3.8, 4) is 0 Å². The van der Waals surface area contributed by atoms with E-state index in [0.717, 1.165) is 10.9 Å². The Hall–Kier alpha value is -2.67. The summed E-state index contributed by atoms with van der Waals surface area (Å²) >= 11 is 0. The Labute approximate surface area is 170 Å². The molecule has 1 unspecified atom stereocenters. The van der Waals surface area contributed by atoms with Crippen LogP contribution in [-0.4, -0.2) is 58.9 Å². The lowest BCUT2D eigenvalue weighted by molar-refractivity contribution is -0.155. The molecule has 1 atom stereocenters. The lowest BCUT2D eigenvalue weighted by Crippen LogP contribution is -2.58. The molecule has 154 valence electrons. The molecule has 1 spiro atoms. The minimum absolute atomic E-state index is 0.00124. The number of carbonyl (C=O) groups is 3. The smallest absolute Gasteiger partial charge is 0.246 e. The molecule has 7 heteroatoms. The van der Waals surface area contributed by atoms with Gasteiger partial charge in [-0.2, -0.15) is 0 Å². The summed E-state index contributed by atoms with van der Waals surface area (Å²) in [6.45, 7) is 5.36. The van der Waals surface area contributed by atoms with E-state index in [9.17, 15) is 14.4 Å². The first kappa shape index (κ1) is 19.6. The molecule has 1 aromatic heterocycles. The van der Waals surface area contributed by atoms with E-state index in [1.54, 1.807) is 6.92 Å². The zero-order valence-electron chi connectivity index (χ0n) is 16.9. The first-order valence-electron chi connectivity index (χ1n) is 10.2. The fourth-order valence-electron chi connectivity index (χ4n) is 4.48. The van der Waals surface area contributed by atoms with Crippen LogP contribution in [0.15, 0.2) is 30.5 Å². The third-order valence-corrected chi connectivity index (χ3v) is 6.23. The number of aromatic nitrogens is 1. The molecule has 3 heterocycles. The van der Waals surface area contributed by atoms with Crippen LogP contribution >= 0.6 is 0 Å². The van der Waals surface area contributed by atoms with Gasteiger partial charge in [0.25, 0.3) is 0 Å². The molecule has 29 heavy (non-hydrogen) atoms. The monoisotopic (exact) mass is 397 g/mol. The van der Waals surface area contributed by atoms with E-state index in [1.165, 1.54) is 0 Å². The Morgan fingerprint density at radius 3 is 2.59 bits per heavy atom. The second-order valence-corrected chi connectivity index (χ2v) is 8.02. The average molecular weight is 397 g/mol. The molecular formula is C22H27N3O4. The van der Waals surface area contributed by atoms with E-state index in [1.807, 2.05) is 46.9 Å². The molecule has 2 aliphatic heterocycles. The Balaban J connectivity index is 1.55. The van der Waals surface area contributed by atoms with Gasteiger partial charge in [-0.15, -0.1) is 0 Å². The van der Waals surface area contributed by atoms with Gasteiger partial charge in [0.2, 0.25) is 11.8 Å². The van der Waals surface area contributed by atoms with Gasteiger partial charge in [0.15, 0.2) is 5.78 Å². The number of ketones is 1. The number of benzene rings is 1. The molecule has 0 aliphatic carbocycles. The Kier molecular flexibility index (Phi) is 5.17. The number of Topliss-reactive ketones (excluding diaryl/α,β-unsaturated/α-hetero) is 1. The Morgan fingerprint density at radius 2 is 1.97 bits per heavy atom. The van der Waals surface area contributed by atoms with Gasteiger partial charge < -0.3 is 19.5 Å². The first-order chi connectivity index (χ1) is 13.9. The normalized spacial score (nSPS) is 19.9. The molecule has 2 amide bonds. The van der Waals surface area contributed by atoms with Crippen LogP contribution in [0.25, 0.3) is 10.9 Å². The van der Waals surface area contributed by atoms with Gasteiger partial charge in [-0.05, 0) is 32.3 Å². The molecule has 1 N–H and O–H groups in total. The molecule has 2 aromatic rings. The van der Waals surface area contributed by atoms with Gasteiger partial charge in [0.05, 0.1) is 5.60 Å². The maximum atomic E-state index is 13.4. The van der Waals surface area contributed by atoms with E-state index in [2.05, 4.69) is 5.32 Å². The first-order valence-corrected chi connectivity index (χ1v) is 10.2. The predicted molar refractivity (Wildman–Crippen MR) is 109 cm³/mol. The number of hydrogen-bond donors (Lipinski definition) is 1. The van der Waals surface area contributed by atoms with Crippen molar-refractivity contribution >= 4 is 28.5 Å². The molecular weight excluding hydrogens is 370 g/mol. The van der Waals surface area contributed by atoms with Crippen LogP contribution < -0.4 is 5.32 Å². The minimum atomic E-state index is -0.353. The lowest BCUT2D eigenvalue weighted by Gasteiger charge is -2.44. The van der Waals surface area contributed by atoms with Gasteiger partial charge >= 0.3 is 0 Å². The van der Waals surface area contributed by atoms with Crippen LogP contribution in [0.5, 0.6) is 0 Å². The summed E-state index contributed by atoms with van der Waals surface area (Å²) in [5.74, 6) is -0.0161. The standard InChI is InChI=1S/C22H27N3O4/c1-3-18(25-12-17(15(2)26)16-6-4-5-7-19(16)25)21(28)24-10-8-22(9-11-24)14-23-20(27)13-29-22/h4-7,12,18H,3,8-11,13-14H2,1-2H3,(H,23,27). The number of likely N-dealkylation sites (tertiary alicyclic amines) is 1. The summed E-state index contributed by atoms with van der Waals surface area (Å²) in [5.41, 5.74) is 1.20. The zero-order valence-corrected chi connectivity index (χ0v) is 16.9. The molecule has 1 aromatic carbocycles. The van der Waals surface area contributed by atoms with Crippen LogP contribution in [0.1, 0.15) is 49.5 Å². The molecule has 0 saturated carbocycles. The second-order valence-electron chi connectivity index (χ2n) is 8.02. The van der Waals surface area contributed by atoms with Crippen LogP contribution in [-0.2, 0) is 14.3 Å². The molecule has 0 bridgehead atoms. The molecule has 2 fully saturated rings. The van der Waals surface area contributed by atoms with Crippen molar-refractivity contribution in [2.75, 3.05) is 26.2 Å². The summed E-state index contributed by atoms with van der Waals surface area (Å²) in [7, 11) is 0. The molecule has 2 aliphatic rings. The van der Waals surface area contributed by atoms with Crippen LogP contribution in [0.2, 0.25) is 0 Å². The SMILES string of the molecule is CCC(C(=O)N1CCC2(CC1)CNC(=O)CO2)n1cc(C(C)=O)c2ccccc21. The Bertz CT molecular complexity index is 944. The number of amides is 2. The van der Waals surface area contributed by atoms with E-state index >= 15 is 0 Å². The number of para-hydroxylation sites is 1. The van der Waals surface area contributed by atoms with Gasteiger partial charge in [-0.1, -0.05) is 25.1 Å². The number of rotatable bonds is 4. The van der Waals surface area contributed by atoms with E-state index < -0.39 is 0 Å². The fraction of sp³-hybridized carbons (Fsp3) is 0.500. The summed E-state index contributed by atoms with van der Waals surface area (Å²) in [6.07, 6.45) is 3.88. The van der Waals surface area contributed by atoms with Crippen molar-refractivity contribution in [3.63, 3.8) is 0 Å². The van der Waals surface area contributed by atoms with Crippen molar-refractivity contribution in [1.82, 2.24) is 14.8 Å². The number of ether oxygens (including phenoxy) is 1. The zero-order chi connectivity index (χ0) is 20.6. The highest BCUT2D eigenvalue weighted by Crippen LogP contribution is 2.31. The minimum Gasteiger partial charge on any atom is -0.363 e. The van der Waals surface area contributed by atoms with Crippen LogP contribution in [0.3, 0.4) is 0 Å². The highest BCUT2D eigenvalue weighted by molar-refractivity contribution is 6.07. The van der Waals surface area contributed by atoms with E-state index in [4.69, 9.17) is 4.74 Å². The second kappa shape index (κ2) is 7.63. The van der Waals surface area contributed by atoms with E-state index in [0.29, 0.717) is 44.5 Å². The Morgan fingerprint density at radius 1 is 1.24 bits per heavy atom. The lowest BCUT2D eigenvalue weighted by atomic mass is 9.89. The van der Waals surface area contributed by atoms with Crippen molar-refractivity contribution < 1.29 is 19.1 Å². The van der Waals surface area contributed by atoms with Crippen molar-refractivity contribution in [1.29, 1.82) is 0 Å². The predicted octanol–water partition coefficient (Wildman–Crippen LogP) is 2.30. The van der Waals surface area contributed by atoms with Crippen LogP contribution in [0, 0.1) is 0 Å². The van der Waals surface area contributed by atoms with Crippen molar-refractivity contribution in [3.05, 3.63) is 36.0 Å². The highest BCUT2D eigenvalue weighted by Gasteiger charge is 2.41. The van der Waals surface area contributed by atoms with Gasteiger partial charge in [-0.3, -0.25) is 14.4 Å². The quantitative estimate of drug-likeness (QED) is 0.803. The average Bonchev–Trinajstić information content (AvgIpc) is 3.11. The van der Waals surface area contributed by atoms with Crippen molar-refractivity contribution in [2.45, 2.75) is 44.8 Å². The number of carbonyl (C=O) groups excluding carboxylic acids is 3. The number of piperidine rings is 1. The van der Waals surface area contributed by atoms with E-state index in [-0.39, 0.29) is 35.8 Å². The highest BCUT2D eigenvalue weighted by atomic mass is 16.5. The summed E-state index contributed by atoms with van der Waals surface area (Å²) < 4.78 is 7.77. The number of morpholine rings is 1. The maximum absolute atomic E-state index is 13.4. The van der Waals surface area contributed by atoms with Gasteiger partial charge in [0, 0.05) is 42.3 Å². The summed E-state index contributed by atoms with van der Waals surface area (Å²) in [5, 5.41) is 3.76.